The zero-order valence-electron chi connectivity index (χ0n) is 15.6. The Morgan fingerprint density at radius 3 is 2.97 bits per heavy atom. The first kappa shape index (κ1) is 19.6. The summed E-state index contributed by atoms with van der Waals surface area (Å²) in [6.45, 7) is 0. The Morgan fingerprint density at radius 2 is 2.17 bits per heavy atom. The summed E-state index contributed by atoms with van der Waals surface area (Å²) in [6, 6.07) is 4.33. The highest BCUT2D eigenvalue weighted by Gasteiger charge is 2.21. The maximum Gasteiger partial charge on any atom is 0.296 e. The van der Waals surface area contributed by atoms with E-state index < -0.39 is 4.92 Å². The SMILES string of the molecule is COc1ccc(NC(=O)CSc2ncnc3sc4c(c23)CCCC4)c([N+](=O)[O-])c1. The lowest BCUT2D eigenvalue weighted by atomic mass is 9.97. The van der Waals surface area contributed by atoms with Crippen LogP contribution in [-0.2, 0) is 17.6 Å². The van der Waals surface area contributed by atoms with Gasteiger partial charge >= 0.3 is 0 Å². The first-order chi connectivity index (χ1) is 14.1. The van der Waals surface area contributed by atoms with Gasteiger partial charge in [0.1, 0.15) is 27.6 Å². The van der Waals surface area contributed by atoms with Crippen LogP contribution in [0.4, 0.5) is 11.4 Å². The highest BCUT2D eigenvalue weighted by molar-refractivity contribution is 8.00. The van der Waals surface area contributed by atoms with E-state index in [9.17, 15) is 14.9 Å². The molecular formula is C19H18N4O4S2. The van der Waals surface area contributed by atoms with E-state index in [1.54, 1.807) is 17.4 Å². The second-order valence-electron chi connectivity index (χ2n) is 6.55. The Bertz CT molecular complexity index is 1100. The molecule has 0 radical (unpaired) electrons. The topological polar surface area (TPSA) is 107 Å². The predicted octanol–water partition coefficient (Wildman–Crippen LogP) is 4.22. The number of hydrogen-bond donors (Lipinski definition) is 1. The van der Waals surface area contributed by atoms with E-state index in [1.807, 2.05) is 0 Å². The summed E-state index contributed by atoms with van der Waals surface area (Å²) in [4.78, 5) is 34.3. The van der Waals surface area contributed by atoms with Gasteiger partial charge in [-0.3, -0.25) is 14.9 Å². The van der Waals surface area contributed by atoms with Gasteiger partial charge in [0.25, 0.3) is 5.69 Å². The average Bonchev–Trinajstić information content (AvgIpc) is 3.11. The van der Waals surface area contributed by atoms with Gasteiger partial charge in [-0.05, 0) is 43.4 Å². The Balaban J connectivity index is 1.51. The summed E-state index contributed by atoms with van der Waals surface area (Å²) in [5, 5.41) is 15.7. The van der Waals surface area contributed by atoms with Crippen molar-refractivity contribution in [1.82, 2.24) is 9.97 Å². The van der Waals surface area contributed by atoms with Crippen LogP contribution in [0.25, 0.3) is 10.2 Å². The van der Waals surface area contributed by atoms with Crippen molar-refractivity contribution in [3.63, 3.8) is 0 Å². The summed E-state index contributed by atoms with van der Waals surface area (Å²) in [6.07, 6.45) is 5.96. The molecule has 29 heavy (non-hydrogen) atoms. The number of nitro benzene ring substituents is 1. The molecule has 1 N–H and O–H groups in total. The number of carbonyl (C=O) groups excluding carboxylic acids is 1. The predicted molar refractivity (Wildman–Crippen MR) is 113 cm³/mol. The van der Waals surface area contributed by atoms with Crippen LogP contribution >= 0.6 is 23.1 Å². The van der Waals surface area contributed by atoms with Gasteiger partial charge < -0.3 is 10.1 Å². The fourth-order valence-electron chi connectivity index (χ4n) is 3.39. The Morgan fingerprint density at radius 1 is 1.34 bits per heavy atom. The van der Waals surface area contributed by atoms with Gasteiger partial charge in [0.05, 0.1) is 23.9 Å². The summed E-state index contributed by atoms with van der Waals surface area (Å²) >= 11 is 3.03. The van der Waals surface area contributed by atoms with E-state index in [0.29, 0.717) is 5.75 Å². The minimum atomic E-state index is -0.545. The molecular weight excluding hydrogens is 412 g/mol. The molecule has 2 aromatic heterocycles. The van der Waals surface area contributed by atoms with Crippen LogP contribution in [0.3, 0.4) is 0 Å². The first-order valence-corrected chi connectivity index (χ1v) is 10.9. The molecule has 10 heteroatoms. The molecule has 0 atom stereocenters. The zero-order valence-corrected chi connectivity index (χ0v) is 17.3. The van der Waals surface area contributed by atoms with Gasteiger partial charge in [-0.25, -0.2) is 9.97 Å². The second-order valence-corrected chi connectivity index (χ2v) is 8.59. The highest BCUT2D eigenvalue weighted by Crippen LogP contribution is 2.39. The molecule has 0 fully saturated rings. The molecule has 1 aliphatic rings. The average molecular weight is 431 g/mol. The van der Waals surface area contributed by atoms with Gasteiger partial charge in [0, 0.05) is 10.3 Å². The molecule has 4 rings (SSSR count). The molecule has 0 spiro atoms. The van der Waals surface area contributed by atoms with Crippen LogP contribution < -0.4 is 10.1 Å². The van der Waals surface area contributed by atoms with Crippen molar-refractivity contribution < 1.29 is 14.5 Å². The van der Waals surface area contributed by atoms with Crippen molar-refractivity contribution in [3.8, 4) is 5.75 Å². The smallest absolute Gasteiger partial charge is 0.296 e. The second kappa shape index (κ2) is 8.34. The van der Waals surface area contributed by atoms with Gasteiger partial charge in [-0.2, -0.15) is 0 Å². The fraction of sp³-hybridized carbons (Fsp3) is 0.316. The maximum absolute atomic E-state index is 12.5. The lowest BCUT2D eigenvalue weighted by Crippen LogP contribution is -2.15. The van der Waals surface area contributed by atoms with Crippen molar-refractivity contribution >= 4 is 50.6 Å². The summed E-state index contributed by atoms with van der Waals surface area (Å²) in [5.74, 6) is 0.119. The van der Waals surface area contributed by atoms with Gasteiger partial charge in [-0.1, -0.05) is 11.8 Å². The van der Waals surface area contributed by atoms with Gasteiger partial charge in [-0.15, -0.1) is 11.3 Å². The number of ether oxygens (including phenoxy) is 1. The molecule has 0 saturated carbocycles. The number of aryl methyl sites for hydroxylation is 2. The van der Waals surface area contributed by atoms with Crippen molar-refractivity contribution in [2.45, 2.75) is 30.7 Å². The molecule has 0 saturated heterocycles. The summed E-state index contributed by atoms with van der Waals surface area (Å²) < 4.78 is 5.01. The van der Waals surface area contributed by atoms with Gasteiger partial charge in [0.15, 0.2) is 0 Å². The Labute approximate surface area is 174 Å². The number of nitrogens with one attached hydrogen (secondary N) is 1. The van der Waals surface area contributed by atoms with Crippen molar-refractivity contribution in [3.05, 3.63) is 45.1 Å². The van der Waals surface area contributed by atoms with Crippen LogP contribution in [0.2, 0.25) is 0 Å². The number of nitrogens with zero attached hydrogens (tertiary/aromatic N) is 3. The number of nitro groups is 1. The third-order valence-corrected chi connectivity index (χ3v) is 6.92. The lowest BCUT2D eigenvalue weighted by Gasteiger charge is -2.11. The Hall–Kier alpha value is -2.72. The molecule has 8 nitrogen and oxygen atoms in total. The first-order valence-electron chi connectivity index (χ1n) is 9.07. The molecule has 1 aromatic carbocycles. The molecule has 1 aliphatic carbocycles. The minimum Gasteiger partial charge on any atom is -0.496 e. The third-order valence-electron chi connectivity index (χ3n) is 4.73. The van der Waals surface area contributed by atoms with Crippen molar-refractivity contribution in [1.29, 1.82) is 0 Å². The quantitative estimate of drug-likeness (QED) is 0.270. The van der Waals surface area contributed by atoms with Gasteiger partial charge in [0.2, 0.25) is 5.91 Å². The van der Waals surface area contributed by atoms with E-state index in [4.69, 9.17) is 4.74 Å². The number of thiophene rings is 1. The zero-order chi connectivity index (χ0) is 20.4. The number of fused-ring (bicyclic) bond motifs is 3. The number of hydrogen-bond acceptors (Lipinski definition) is 8. The molecule has 0 bridgehead atoms. The number of carbonyl (C=O) groups is 1. The largest absolute Gasteiger partial charge is 0.496 e. The number of aromatic nitrogens is 2. The van der Waals surface area contributed by atoms with E-state index in [2.05, 4.69) is 15.3 Å². The molecule has 0 aliphatic heterocycles. The van der Waals surface area contributed by atoms with Crippen LogP contribution in [0.1, 0.15) is 23.3 Å². The van der Waals surface area contributed by atoms with E-state index in [-0.39, 0.29) is 23.0 Å². The molecule has 2 heterocycles. The Kier molecular flexibility index (Phi) is 5.63. The molecule has 3 aromatic rings. The van der Waals surface area contributed by atoms with E-state index in [0.717, 1.165) is 34.5 Å². The number of rotatable bonds is 6. The van der Waals surface area contributed by atoms with Crippen LogP contribution in [0.5, 0.6) is 5.75 Å². The van der Waals surface area contributed by atoms with Crippen LogP contribution in [-0.4, -0.2) is 33.7 Å². The number of methoxy groups -OCH3 is 1. The van der Waals surface area contributed by atoms with E-state index in [1.165, 1.54) is 54.2 Å². The van der Waals surface area contributed by atoms with Crippen molar-refractivity contribution in [2.24, 2.45) is 0 Å². The normalized spacial score (nSPS) is 13.1. The molecule has 1 amide bonds. The van der Waals surface area contributed by atoms with Crippen molar-refractivity contribution in [2.75, 3.05) is 18.2 Å². The number of amides is 1. The number of anilines is 1. The number of thioether (sulfide) groups is 1. The molecule has 0 unspecified atom stereocenters. The van der Waals surface area contributed by atoms with Crippen LogP contribution in [0.15, 0.2) is 29.6 Å². The molecule has 150 valence electrons. The van der Waals surface area contributed by atoms with Crippen LogP contribution in [0, 0.1) is 10.1 Å². The summed E-state index contributed by atoms with van der Waals surface area (Å²) in [7, 11) is 1.43. The lowest BCUT2D eigenvalue weighted by molar-refractivity contribution is -0.384. The number of benzene rings is 1. The monoisotopic (exact) mass is 430 g/mol. The third kappa shape index (κ3) is 4.03. The minimum absolute atomic E-state index is 0.0971. The fourth-order valence-corrected chi connectivity index (χ4v) is 5.51. The van der Waals surface area contributed by atoms with E-state index >= 15 is 0 Å². The maximum atomic E-state index is 12.5. The summed E-state index contributed by atoms with van der Waals surface area (Å²) in [5.41, 5.74) is 1.24. The standard InChI is InChI=1S/C19H18N4O4S2/c1-27-11-6-7-13(14(8-11)23(25)26)22-16(24)9-28-18-17-12-4-2-3-5-15(12)29-19(17)21-10-20-18/h6-8,10H,2-5,9H2,1H3,(H,22,24). The highest BCUT2D eigenvalue weighted by atomic mass is 32.2.